The standard InChI is InChI=1S/C64H76N2O4/c65-51-9-11-53(57(59(51)67)55-43-17-35-13-36(19-43)20-44(55)18-35)69-49-5-1-47(2-6-49)61-25-39-15-40(26-61)30-63(29-39,33-61)64-31-41-16-42(32-64)28-62(27-41,34-64)48-3-7-50(8-4-48)70-54-12-10-52(66)60(68)58(54)56-45-21-37-14-38(23-45)24-46(56)22-37/h1-12,35-46,55-56,67-68H,13-34,65-66H2. The van der Waals surface area contributed by atoms with Gasteiger partial charge in [-0.1, -0.05) is 24.3 Å². The maximum Gasteiger partial charge on any atom is 0.145 e. The summed E-state index contributed by atoms with van der Waals surface area (Å²) >= 11 is 0. The second kappa shape index (κ2) is 14.7. The van der Waals surface area contributed by atoms with E-state index in [9.17, 15) is 10.2 Å². The average molecular weight is 937 g/mol. The van der Waals surface area contributed by atoms with Crippen LogP contribution in [0.3, 0.4) is 0 Å². The predicted molar refractivity (Wildman–Crippen MR) is 275 cm³/mol. The van der Waals surface area contributed by atoms with Crippen LogP contribution in [0.4, 0.5) is 11.4 Å². The molecule has 366 valence electrons. The smallest absolute Gasteiger partial charge is 0.145 e. The van der Waals surface area contributed by atoms with Crippen molar-refractivity contribution in [3.05, 3.63) is 95.1 Å². The minimum absolute atomic E-state index is 0.245. The first-order valence-electron chi connectivity index (χ1n) is 28.8. The maximum absolute atomic E-state index is 11.6. The summed E-state index contributed by atoms with van der Waals surface area (Å²) in [6.07, 6.45) is 29.9. The molecule has 20 rings (SSSR count). The van der Waals surface area contributed by atoms with Crippen molar-refractivity contribution in [2.75, 3.05) is 11.5 Å². The first-order valence-corrected chi connectivity index (χ1v) is 28.8. The van der Waals surface area contributed by atoms with E-state index in [1.807, 2.05) is 24.3 Å². The molecule has 0 saturated heterocycles. The highest BCUT2D eigenvalue weighted by atomic mass is 16.5. The molecule has 16 bridgehead atoms. The Morgan fingerprint density at radius 2 is 0.686 bits per heavy atom. The molecule has 0 radical (unpaired) electrons. The molecule has 6 nitrogen and oxygen atoms in total. The van der Waals surface area contributed by atoms with Gasteiger partial charge in [0.05, 0.1) is 11.4 Å². The molecule has 0 amide bonds. The van der Waals surface area contributed by atoms with E-state index in [2.05, 4.69) is 48.5 Å². The molecule has 0 aliphatic heterocycles. The van der Waals surface area contributed by atoms with Gasteiger partial charge >= 0.3 is 0 Å². The van der Waals surface area contributed by atoms with E-state index in [0.717, 1.165) is 81.5 Å². The summed E-state index contributed by atoms with van der Waals surface area (Å²) < 4.78 is 13.7. The van der Waals surface area contributed by atoms with Crippen LogP contribution in [0.25, 0.3) is 0 Å². The summed E-state index contributed by atoms with van der Waals surface area (Å²) in [4.78, 5) is 0. The highest BCUT2D eigenvalue weighted by Crippen LogP contribution is 2.79. The molecule has 0 heterocycles. The normalized spacial score (nSPS) is 44.9. The Balaban J connectivity index is 0.672. The van der Waals surface area contributed by atoms with Crippen LogP contribution in [0.15, 0.2) is 72.8 Å². The van der Waals surface area contributed by atoms with Crippen LogP contribution in [0.5, 0.6) is 34.5 Å². The third-order valence-corrected chi connectivity index (χ3v) is 24.2. The summed E-state index contributed by atoms with van der Waals surface area (Å²) in [5.74, 6) is 13.9. The van der Waals surface area contributed by atoms with E-state index < -0.39 is 0 Å². The molecular formula is C64H76N2O4. The minimum atomic E-state index is 0.245. The molecule has 4 aromatic rings. The molecule has 6 heteroatoms. The number of nitrogen functional groups attached to an aromatic ring is 2. The van der Waals surface area contributed by atoms with Crippen LogP contribution < -0.4 is 20.9 Å². The third-order valence-electron chi connectivity index (χ3n) is 24.2. The van der Waals surface area contributed by atoms with Crippen LogP contribution in [-0.2, 0) is 10.8 Å². The number of nitrogens with two attached hydrogens (primary N) is 2. The van der Waals surface area contributed by atoms with Crippen molar-refractivity contribution >= 4 is 11.4 Å². The highest BCUT2D eigenvalue weighted by Gasteiger charge is 2.70. The van der Waals surface area contributed by atoms with E-state index in [-0.39, 0.29) is 22.3 Å². The van der Waals surface area contributed by atoms with Crippen molar-refractivity contribution in [3.8, 4) is 34.5 Å². The average Bonchev–Trinajstić information content (AvgIpc) is 3.32. The fourth-order valence-corrected chi connectivity index (χ4v) is 23.3. The number of benzene rings is 4. The SMILES string of the molecule is Nc1ccc(Oc2ccc(C34CC5CC(C3)CC(C36CC7CC(CC(c8ccc(Oc9ccc(N)c(O)c9C9C%10CC%11CC(C%10)CC9C%11)cc8)(C7)C3)C6)(C5)C4)cc2)c(C2C3CC4CC(C3)CC2C4)c1O. The molecule has 16 aliphatic rings. The second-order valence-corrected chi connectivity index (χ2v) is 28.0. The van der Waals surface area contributed by atoms with Gasteiger partial charge in [-0.3, -0.25) is 0 Å². The van der Waals surface area contributed by atoms with E-state index in [1.54, 1.807) is 11.1 Å². The van der Waals surface area contributed by atoms with Crippen molar-refractivity contribution in [1.29, 1.82) is 0 Å². The Bertz CT molecular complexity index is 2500. The lowest BCUT2D eigenvalue weighted by atomic mass is 9.30. The van der Waals surface area contributed by atoms with E-state index in [1.165, 1.54) is 141 Å². The van der Waals surface area contributed by atoms with Gasteiger partial charge in [-0.05, 0) is 305 Å². The predicted octanol–water partition coefficient (Wildman–Crippen LogP) is 15.3. The summed E-state index contributed by atoms with van der Waals surface area (Å²) in [5.41, 5.74) is 20.2. The quantitative estimate of drug-likeness (QED) is 0.0983. The van der Waals surface area contributed by atoms with Gasteiger partial charge in [-0.15, -0.1) is 0 Å². The molecule has 16 saturated carbocycles. The molecule has 6 N–H and O–H groups in total. The molecule has 4 aromatic carbocycles. The summed E-state index contributed by atoms with van der Waals surface area (Å²) in [5, 5.41) is 23.2. The van der Waals surface area contributed by atoms with E-state index in [4.69, 9.17) is 20.9 Å². The first kappa shape index (κ1) is 42.2. The largest absolute Gasteiger partial charge is 0.505 e. The minimum Gasteiger partial charge on any atom is -0.505 e. The van der Waals surface area contributed by atoms with Gasteiger partial charge in [-0.2, -0.15) is 0 Å². The lowest BCUT2D eigenvalue weighted by Crippen LogP contribution is -2.66. The van der Waals surface area contributed by atoms with Crippen molar-refractivity contribution in [2.24, 2.45) is 81.8 Å². The Morgan fingerprint density at radius 3 is 1.01 bits per heavy atom. The number of rotatable bonds is 9. The maximum atomic E-state index is 11.6. The topological polar surface area (TPSA) is 111 Å². The van der Waals surface area contributed by atoms with Crippen LogP contribution in [0, 0.1) is 81.8 Å². The molecule has 4 unspecified atom stereocenters. The highest BCUT2D eigenvalue weighted by molar-refractivity contribution is 5.64. The van der Waals surface area contributed by atoms with Crippen molar-refractivity contribution in [1.82, 2.24) is 0 Å². The molecule has 16 fully saturated rings. The zero-order valence-electron chi connectivity index (χ0n) is 41.4. The van der Waals surface area contributed by atoms with Gasteiger partial charge in [0.15, 0.2) is 0 Å². The zero-order valence-corrected chi connectivity index (χ0v) is 41.4. The van der Waals surface area contributed by atoms with Crippen molar-refractivity contribution in [2.45, 2.75) is 164 Å². The third kappa shape index (κ3) is 6.09. The Hall–Kier alpha value is -4.32. The van der Waals surface area contributed by atoms with Crippen molar-refractivity contribution < 1.29 is 19.7 Å². The first-order chi connectivity index (χ1) is 34.0. The monoisotopic (exact) mass is 937 g/mol. The zero-order chi connectivity index (χ0) is 46.5. The lowest BCUT2D eigenvalue weighted by Gasteiger charge is -2.74. The second-order valence-electron chi connectivity index (χ2n) is 28.0. The van der Waals surface area contributed by atoms with Crippen molar-refractivity contribution in [3.63, 3.8) is 0 Å². The van der Waals surface area contributed by atoms with Gasteiger partial charge in [0.25, 0.3) is 0 Å². The van der Waals surface area contributed by atoms with Crippen LogP contribution >= 0.6 is 0 Å². The fourth-order valence-electron chi connectivity index (χ4n) is 23.3. The van der Waals surface area contributed by atoms with Crippen LogP contribution in [0.2, 0.25) is 0 Å². The molecule has 70 heavy (non-hydrogen) atoms. The number of hydrogen-bond donors (Lipinski definition) is 4. The number of anilines is 2. The van der Waals surface area contributed by atoms with E-state index in [0.29, 0.717) is 57.7 Å². The summed E-state index contributed by atoms with van der Waals surface area (Å²) in [6, 6.07) is 26.7. The lowest BCUT2D eigenvalue weighted by molar-refractivity contribution is -0.212. The summed E-state index contributed by atoms with van der Waals surface area (Å²) in [7, 11) is 0. The Morgan fingerprint density at radius 1 is 0.371 bits per heavy atom. The Labute approximate surface area is 416 Å². The van der Waals surface area contributed by atoms with Gasteiger partial charge < -0.3 is 31.2 Å². The summed E-state index contributed by atoms with van der Waals surface area (Å²) in [6.45, 7) is 0. The number of phenolic OH excluding ortho intramolecular Hbond substituents is 2. The molecule has 4 atom stereocenters. The molecule has 0 aromatic heterocycles. The van der Waals surface area contributed by atoms with Crippen LogP contribution in [0.1, 0.15) is 175 Å². The molecule has 0 spiro atoms. The van der Waals surface area contributed by atoms with Gasteiger partial charge in [0.2, 0.25) is 0 Å². The number of ether oxygens (including phenoxy) is 2. The molecular weight excluding hydrogens is 861 g/mol. The van der Waals surface area contributed by atoms with Gasteiger partial charge in [0.1, 0.15) is 34.5 Å². The number of hydrogen-bond acceptors (Lipinski definition) is 6. The number of aromatic hydroxyl groups is 2. The van der Waals surface area contributed by atoms with Crippen LogP contribution in [-0.4, -0.2) is 10.2 Å². The van der Waals surface area contributed by atoms with Gasteiger partial charge in [0, 0.05) is 11.1 Å². The fraction of sp³-hybridized carbons (Fsp3) is 0.625. The van der Waals surface area contributed by atoms with Gasteiger partial charge in [-0.25, -0.2) is 0 Å². The number of phenols is 2. The molecule has 16 aliphatic carbocycles. The Kier molecular flexibility index (Phi) is 8.85. The van der Waals surface area contributed by atoms with E-state index >= 15 is 0 Å².